The summed E-state index contributed by atoms with van der Waals surface area (Å²) in [5.41, 5.74) is 1.11. The van der Waals surface area contributed by atoms with Crippen molar-refractivity contribution in [3.05, 3.63) is 24.0 Å². The van der Waals surface area contributed by atoms with Gasteiger partial charge in [-0.1, -0.05) is 0 Å². The van der Waals surface area contributed by atoms with Gasteiger partial charge in [0.15, 0.2) is 0 Å². The molecular weight excluding hydrogens is 260 g/mol. The number of methoxy groups -OCH3 is 1. The van der Waals surface area contributed by atoms with Crippen molar-refractivity contribution in [3.63, 3.8) is 0 Å². The van der Waals surface area contributed by atoms with Crippen molar-refractivity contribution < 1.29 is 14.3 Å². The van der Waals surface area contributed by atoms with Gasteiger partial charge in [-0.3, -0.25) is 14.6 Å². The molecule has 0 atom stereocenters. The molecule has 7 heteroatoms. The SMILES string of the molecule is CCNc1cnccc1C(=O)NCC(=O)NCCOC. The van der Waals surface area contributed by atoms with E-state index in [9.17, 15) is 9.59 Å². The number of pyridine rings is 1. The highest BCUT2D eigenvalue weighted by atomic mass is 16.5. The van der Waals surface area contributed by atoms with Crippen molar-refractivity contribution in [1.29, 1.82) is 0 Å². The third-order valence-electron chi connectivity index (χ3n) is 2.47. The van der Waals surface area contributed by atoms with E-state index in [2.05, 4.69) is 20.9 Å². The van der Waals surface area contributed by atoms with E-state index >= 15 is 0 Å². The number of amides is 2. The minimum atomic E-state index is -0.315. The van der Waals surface area contributed by atoms with Crippen LogP contribution < -0.4 is 16.0 Å². The molecule has 0 aromatic carbocycles. The first-order valence-electron chi connectivity index (χ1n) is 6.40. The Bertz CT molecular complexity index is 451. The van der Waals surface area contributed by atoms with Gasteiger partial charge in [0, 0.05) is 26.4 Å². The minimum absolute atomic E-state index is 0.0730. The van der Waals surface area contributed by atoms with E-state index in [0.717, 1.165) is 0 Å². The molecule has 0 saturated heterocycles. The highest BCUT2D eigenvalue weighted by Gasteiger charge is 2.11. The number of hydrogen-bond donors (Lipinski definition) is 3. The molecule has 7 nitrogen and oxygen atoms in total. The van der Waals surface area contributed by atoms with Crippen molar-refractivity contribution in [3.8, 4) is 0 Å². The number of nitrogens with zero attached hydrogens (tertiary/aromatic N) is 1. The lowest BCUT2D eigenvalue weighted by molar-refractivity contribution is -0.120. The molecule has 1 aromatic rings. The molecule has 0 saturated carbocycles. The maximum absolute atomic E-state index is 12.0. The summed E-state index contributed by atoms with van der Waals surface area (Å²) in [5.74, 6) is -0.570. The van der Waals surface area contributed by atoms with Gasteiger partial charge >= 0.3 is 0 Å². The molecule has 0 aliphatic carbocycles. The number of carbonyl (C=O) groups is 2. The van der Waals surface area contributed by atoms with Crippen molar-refractivity contribution in [1.82, 2.24) is 15.6 Å². The quantitative estimate of drug-likeness (QED) is 0.583. The molecule has 0 aliphatic rings. The Kier molecular flexibility index (Phi) is 7.05. The molecule has 1 heterocycles. The first-order chi connectivity index (χ1) is 9.69. The van der Waals surface area contributed by atoms with Gasteiger partial charge in [-0.25, -0.2) is 0 Å². The molecule has 20 heavy (non-hydrogen) atoms. The fourth-order valence-electron chi connectivity index (χ4n) is 1.53. The van der Waals surface area contributed by atoms with Gasteiger partial charge in [0.25, 0.3) is 5.91 Å². The van der Waals surface area contributed by atoms with Gasteiger partial charge in [0.2, 0.25) is 5.91 Å². The van der Waals surface area contributed by atoms with E-state index in [4.69, 9.17) is 4.74 Å². The zero-order valence-electron chi connectivity index (χ0n) is 11.7. The lowest BCUT2D eigenvalue weighted by Gasteiger charge is -2.10. The lowest BCUT2D eigenvalue weighted by Crippen LogP contribution is -2.38. The molecule has 2 amide bonds. The van der Waals surface area contributed by atoms with E-state index in [-0.39, 0.29) is 18.4 Å². The van der Waals surface area contributed by atoms with Crippen LogP contribution in [0.25, 0.3) is 0 Å². The molecule has 0 bridgehead atoms. The molecule has 3 N–H and O–H groups in total. The average molecular weight is 280 g/mol. The first-order valence-corrected chi connectivity index (χ1v) is 6.40. The van der Waals surface area contributed by atoms with Gasteiger partial charge < -0.3 is 20.7 Å². The number of hydrogen-bond acceptors (Lipinski definition) is 5. The van der Waals surface area contributed by atoms with Crippen molar-refractivity contribution in [2.75, 3.05) is 38.7 Å². The Hall–Kier alpha value is -2.15. The number of ether oxygens (including phenoxy) is 1. The van der Waals surface area contributed by atoms with Crippen LogP contribution in [0.4, 0.5) is 5.69 Å². The second-order valence-corrected chi connectivity index (χ2v) is 3.98. The van der Waals surface area contributed by atoms with E-state index in [1.165, 1.54) is 6.20 Å². The van der Waals surface area contributed by atoms with Crippen LogP contribution in [0.2, 0.25) is 0 Å². The minimum Gasteiger partial charge on any atom is -0.383 e. The largest absolute Gasteiger partial charge is 0.383 e. The Morgan fingerprint density at radius 1 is 1.35 bits per heavy atom. The molecule has 0 aliphatic heterocycles. The summed E-state index contributed by atoms with van der Waals surface area (Å²) in [6, 6.07) is 1.61. The van der Waals surface area contributed by atoms with E-state index < -0.39 is 0 Å². The zero-order chi connectivity index (χ0) is 14.8. The Morgan fingerprint density at radius 2 is 2.15 bits per heavy atom. The number of anilines is 1. The van der Waals surface area contributed by atoms with E-state index in [0.29, 0.717) is 30.9 Å². The van der Waals surface area contributed by atoms with E-state index in [1.807, 2.05) is 6.92 Å². The predicted molar refractivity (Wildman–Crippen MR) is 75.6 cm³/mol. The van der Waals surface area contributed by atoms with E-state index in [1.54, 1.807) is 19.4 Å². The van der Waals surface area contributed by atoms with Gasteiger partial charge in [0.1, 0.15) is 0 Å². The maximum Gasteiger partial charge on any atom is 0.253 e. The second-order valence-electron chi connectivity index (χ2n) is 3.98. The average Bonchev–Trinajstić information content (AvgIpc) is 2.46. The molecule has 0 fully saturated rings. The molecule has 1 aromatic heterocycles. The van der Waals surface area contributed by atoms with Gasteiger partial charge in [-0.2, -0.15) is 0 Å². The molecule has 0 spiro atoms. The van der Waals surface area contributed by atoms with Gasteiger partial charge in [-0.05, 0) is 13.0 Å². The van der Waals surface area contributed by atoms with Crippen LogP contribution in [0.3, 0.4) is 0 Å². The zero-order valence-corrected chi connectivity index (χ0v) is 11.7. The van der Waals surface area contributed by atoms with Crippen molar-refractivity contribution in [2.45, 2.75) is 6.92 Å². The third-order valence-corrected chi connectivity index (χ3v) is 2.47. The summed E-state index contributed by atoms with van der Waals surface area (Å²) in [5, 5.41) is 8.23. The van der Waals surface area contributed by atoms with Crippen LogP contribution >= 0.6 is 0 Å². The smallest absolute Gasteiger partial charge is 0.253 e. The van der Waals surface area contributed by atoms with Crippen LogP contribution in [0.1, 0.15) is 17.3 Å². The first kappa shape index (κ1) is 15.9. The normalized spacial score (nSPS) is 9.90. The number of carbonyl (C=O) groups excluding carboxylic acids is 2. The second kappa shape index (κ2) is 8.87. The maximum atomic E-state index is 12.0. The highest BCUT2D eigenvalue weighted by Crippen LogP contribution is 2.12. The summed E-state index contributed by atoms with van der Waals surface area (Å²) in [6.45, 7) is 3.40. The van der Waals surface area contributed by atoms with Gasteiger partial charge in [0.05, 0.1) is 30.6 Å². The summed E-state index contributed by atoms with van der Waals surface area (Å²) in [4.78, 5) is 27.4. The Morgan fingerprint density at radius 3 is 2.85 bits per heavy atom. The molecule has 1 rings (SSSR count). The summed E-state index contributed by atoms with van der Waals surface area (Å²) in [6.07, 6.45) is 3.12. The molecule has 0 unspecified atom stereocenters. The Labute approximate surface area is 118 Å². The fourth-order valence-corrected chi connectivity index (χ4v) is 1.53. The van der Waals surface area contributed by atoms with Gasteiger partial charge in [-0.15, -0.1) is 0 Å². The van der Waals surface area contributed by atoms with Crippen molar-refractivity contribution >= 4 is 17.5 Å². The lowest BCUT2D eigenvalue weighted by atomic mass is 10.2. The number of aromatic nitrogens is 1. The fraction of sp³-hybridized carbons (Fsp3) is 0.462. The summed E-state index contributed by atoms with van der Waals surface area (Å²) in [7, 11) is 1.56. The summed E-state index contributed by atoms with van der Waals surface area (Å²) >= 11 is 0. The molecular formula is C13H20N4O3. The monoisotopic (exact) mass is 280 g/mol. The van der Waals surface area contributed by atoms with Crippen LogP contribution in [0.5, 0.6) is 0 Å². The number of nitrogens with one attached hydrogen (secondary N) is 3. The van der Waals surface area contributed by atoms with Crippen LogP contribution in [0.15, 0.2) is 18.5 Å². The summed E-state index contributed by atoms with van der Waals surface area (Å²) < 4.78 is 4.81. The van der Waals surface area contributed by atoms with Crippen LogP contribution in [-0.2, 0) is 9.53 Å². The molecule has 110 valence electrons. The topological polar surface area (TPSA) is 92.4 Å². The third kappa shape index (κ3) is 5.23. The standard InChI is InChI=1S/C13H20N4O3/c1-3-15-11-8-14-5-4-10(11)13(19)17-9-12(18)16-6-7-20-2/h4-5,8,15H,3,6-7,9H2,1-2H3,(H,16,18)(H,17,19). The Balaban J connectivity index is 2.48. The van der Waals surface area contributed by atoms with Crippen LogP contribution in [-0.4, -0.2) is 50.1 Å². The highest BCUT2D eigenvalue weighted by molar-refractivity contribution is 6.00. The molecule has 0 radical (unpaired) electrons. The van der Waals surface area contributed by atoms with Crippen molar-refractivity contribution in [2.24, 2.45) is 0 Å². The predicted octanol–water partition coefficient (Wildman–Crippen LogP) is 0.00580. The number of rotatable bonds is 8. The van der Waals surface area contributed by atoms with Crippen LogP contribution in [0, 0.1) is 0 Å².